The first kappa shape index (κ1) is 31.0. The minimum Gasteiger partial charge on any atom is -0.387 e. The van der Waals surface area contributed by atoms with Crippen LogP contribution >= 0.6 is 12.4 Å². The van der Waals surface area contributed by atoms with E-state index in [1.54, 1.807) is 13.1 Å². The van der Waals surface area contributed by atoms with E-state index in [1.807, 2.05) is 37.1 Å². The maximum atomic E-state index is 13.6. The summed E-state index contributed by atoms with van der Waals surface area (Å²) in [7, 11) is 1.67. The summed E-state index contributed by atoms with van der Waals surface area (Å²) >= 11 is 0. The van der Waals surface area contributed by atoms with E-state index in [-0.39, 0.29) is 55.6 Å². The number of likely N-dealkylation sites (N-methyl/N-ethyl adjacent to an activating group) is 2. The fourth-order valence-electron chi connectivity index (χ4n) is 4.33. The number of fused-ring (bicyclic) bond motifs is 1. The maximum Gasteiger partial charge on any atom is 0.256 e. The van der Waals surface area contributed by atoms with Gasteiger partial charge in [0.05, 0.1) is 6.54 Å². The van der Waals surface area contributed by atoms with E-state index in [4.69, 9.17) is 4.52 Å². The van der Waals surface area contributed by atoms with Crippen molar-refractivity contribution in [2.75, 3.05) is 45.1 Å². The van der Waals surface area contributed by atoms with Gasteiger partial charge in [0.25, 0.3) is 11.8 Å². The Balaban J connectivity index is 0.00000441. The minimum atomic E-state index is -0.349. The molecule has 3 N–H and O–H groups in total. The zero-order chi connectivity index (χ0) is 27.9. The highest BCUT2D eigenvalue weighted by Gasteiger charge is 2.27. The number of aryl methyl sites for hydroxylation is 1. The number of hydrogen-bond donors (Lipinski definition) is 3. The van der Waals surface area contributed by atoms with Gasteiger partial charge in [-0.25, -0.2) is 9.40 Å². The van der Waals surface area contributed by atoms with E-state index < -0.39 is 0 Å². The van der Waals surface area contributed by atoms with Crippen LogP contribution in [-0.4, -0.2) is 81.8 Å². The molecule has 0 spiro atoms. The number of nitrogens with zero attached hydrogens (tertiary/aromatic N) is 5. The van der Waals surface area contributed by atoms with Crippen LogP contribution in [0, 0.1) is 12.7 Å². The number of aromatic nitrogens is 2. The summed E-state index contributed by atoms with van der Waals surface area (Å²) in [6.45, 7) is 6.02. The minimum absolute atomic E-state index is 0. The quantitative estimate of drug-likeness (QED) is 0.279. The molecule has 1 aromatic heterocycles. The van der Waals surface area contributed by atoms with Crippen LogP contribution < -0.4 is 10.6 Å². The normalized spacial score (nSPS) is 12.5. The Kier molecular flexibility index (Phi) is 11.0. The van der Waals surface area contributed by atoms with Gasteiger partial charge in [-0.05, 0) is 48.4 Å². The molecular formula is C27H35ClFN7O4. The summed E-state index contributed by atoms with van der Waals surface area (Å²) in [5.41, 5.74) is 4.13. The second-order valence-electron chi connectivity index (χ2n) is 9.37. The molecule has 11 nitrogen and oxygen atoms in total. The molecule has 2 aromatic carbocycles. The van der Waals surface area contributed by atoms with Gasteiger partial charge in [0.1, 0.15) is 19.0 Å². The van der Waals surface area contributed by atoms with Crippen LogP contribution in [0.4, 0.5) is 10.1 Å². The Hall–Kier alpha value is -3.58. The molecule has 1 aliphatic rings. The first-order valence-electron chi connectivity index (χ1n) is 12.8. The second kappa shape index (κ2) is 14.2. The van der Waals surface area contributed by atoms with E-state index in [1.165, 1.54) is 22.0 Å². The monoisotopic (exact) mass is 575 g/mol. The van der Waals surface area contributed by atoms with Crippen LogP contribution in [0.5, 0.6) is 0 Å². The van der Waals surface area contributed by atoms with E-state index in [2.05, 4.69) is 20.8 Å². The van der Waals surface area contributed by atoms with Crippen LogP contribution in [0.2, 0.25) is 0 Å². The Bertz CT molecular complexity index is 1320. The Morgan fingerprint density at radius 3 is 2.65 bits per heavy atom. The molecule has 0 aliphatic carbocycles. The number of rotatable bonds is 12. The average Bonchev–Trinajstić information content (AvgIpc) is 3.58. The zero-order valence-corrected chi connectivity index (χ0v) is 23.6. The van der Waals surface area contributed by atoms with Gasteiger partial charge < -0.3 is 25.2 Å². The molecule has 0 fully saturated rings. The lowest BCUT2D eigenvalue weighted by Crippen LogP contribution is -2.49. The van der Waals surface area contributed by atoms with Crippen LogP contribution in [0.25, 0.3) is 11.4 Å². The van der Waals surface area contributed by atoms with Gasteiger partial charge in [-0.1, -0.05) is 30.3 Å². The summed E-state index contributed by atoms with van der Waals surface area (Å²) in [4.78, 5) is 32.1. The Labute approximate surface area is 238 Å². The van der Waals surface area contributed by atoms with Crippen LogP contribution in [-0.2, 0) is 29.3 Å². The lowest BCUT2D eigenvalue weighted by atomic mass is 10.1. The van der Waals surface area contributed by atoms with Crippen LogP contribution in [0.15, 0.2) is 40.9 Å². The van der Waals surface area contributed by atoms with Gasteiger partial charge in [-0.2, -0.15) is 4.98 Å². The van der Waals surface area contributed by atoms with E-state index in [0.29, 0.717) is 43.3 Å². The Morgan fingerprint density at radius 1 is 1.15 bits per heavy atom. The largest absolute Gasteiger partial charge is 0.387 e. The maximum absolute atomic E-state index is 13.6. The SMILES string of the molecule is CCNCCN(CC(=O)N(C)N1Cc2ccc(F)cc2C1)C(=O)CNc1cc(-c2noc(CO)n2)ccc1C.Cl. The van der Waals surface area contributed by atoms with Crippen molar-refractivity contribution in [2.24, 2.45) is 0 Å². The second-order valence-corrected chi connectivity index (χ2v) is 9.37. The number of hydrogen-bond acceptors (Lipinski definition) is 9. The van der Waals surface area contributed by atoms with Crippen molar-refractivity contribution in [3.63, 3.8) is 0 Å². The number of carbonyl (C=O) groups excluding carboxylic acids is 2. The van der Waals surface area contributed by atoms with Crippen molar-refractivity contribution in [3.05, 3.63) is 64.8 Å². The molecule has 0 saturated carbocycles. The number of amides is 2. The number of halogens is 2. The van der Waals surface area contributed by atoms with Crippen molar-refractivity contribution in [1.82, 2.24) is 30.4 Å². The van der Waals surface area contributed by atoms with Gasteiger partial charge in [-0.15, -0.1) is 12.4 Å². The lowest BCUT2D eigenvalue weighted by molar-refractivity contribution is -0.151. The summed E-state index contributed by atoms with van der Waals surface area (Å²) < 4.78 is 18.6. The molecule has 216 valence electrons. The fourth-order valence-corrected chi connectivity index (χ4v) is 4.33. The standard InChI is InChI=1S/C27H34FN7O4.ClH/c1-4-29-9-10-34(16-26(38)33(3)35-14-20-7-8-22(28)11-21(20)15-35)25(37)13-30-23-12-19(6-5-18(23)2)27-31-24(17-36)39-32-27;/h5-8,11-12,29-30,36H,4,9-10,13-17H2,1-3H3;1H. The molecule has 0 saturated heterocycles. The van der Waals surface area contributed by atoms with Crippen molar-refractivity contribution < 1.29 is 23.6 Å². The number of anilines is 1. The third kappa shape index (κ3) is 7.54. The number of aliphatic hydroxyl groups is 1. The first-order valence-corrected chi connectivity index (χ1v) is 12.8. The molecule has 0 bridgehead atoms. The predicted octanol–water partition coefficient (Wildman–Crippen LogP) is 2.34. The summed E-state index contributed by atoms with van der Waals surface area (Å²) in [6, 6.07) is 10.2. The van der Waals surface area contributed by atoms with Crippen LogP contribution in [0.1, 0.15) is 29.5 Å². The van der Waals surface area contributed by atoms with Gasteiger partial charge in [0.15, 0.2) is 0 Å². The summed E-state index contributed by atoms with van der Waals surface area (Å²) in [5, 5.41) is 22.8. The van der Waals surface area contributed by atoms with E-state index >= 15 is 0 Å². The number of benzene rings is 2. The van der Waals surface area contributed by atoms with Crippen LogP contribution in [0.3, 0.4) is 0 Å². The molecule has 0 radical (unpaired) electrons. The van der Waals surface area contributed by atoms with E-state index in [0.717, 1.165) is 23.2 Å². The highest BCUT2D eigenvalue weighted by Crippen LogP contribution is 2.25. The molecule has 1 aliphatic heterocycles. The third-order valence-electron chi connectivity index (χ3n) is 6.68. The molecule has 2 amide bonds. The molecule has 40 heavy (non-hydrogen) atoms. The lowest BCUT2D eigenvalue weighted by Gasteiger charge is -2.31. The number of aliphatic hydroxyl groups excluding tert-OH is 1. The molecule has 13 heteroatoms. The highest BCUT2D eigenvalue weighted by molar-refractivity contribution is 5.87. The number of nitrogens with one attached hydrogen (secondary N) is 2. The Morgan fingerprint density at radius 2 is 1.93 bits per heavy atom. The highest BCUT2D eigenvalue weighted by atomic mass is 35.5. The van der Waals surface area contributed by atoms with E-state index in [9.17, 15) is 19.1 Å². The van der Waals surface area contributed by atoms with Gasteiger partial charge in [0, 0.05) is 44.5 Å². The topological polar surface area (TPSA) is 127 Å². The first-order chi connectivity index (χ1) is 18.8. The van der Waals surface area contributed by atoms with Gasteiger partial charge >= 0.3 is 0 Å². The number of carbonyl (C=O) groups is 2. The average molecular weight is 576 g/mol. The fraction of sp³-hybridized carbons (Fsp3) is 0.407. The third-order valence-corrected chi connectivity index (χ3v) is 6.68. The predicted molar refractivity (Wildman–Crippen MR) is 150 cm³/mol. The molecule has 4 rings (SSSR count). The van der Waals surface area contributed by atoms with Crippen molar-refractivity contribution in [2.45, 2.75) is 33.5 Å². The number of hydrazine groups is 1. The van der Waals surface area contributed by atoms with Crippen molar-refractivity contribution in [3.8, 4) is 11.4 Å². The molecular weight excluding hydrogens is 541 g/mol. The molecule has 0 unspecified atom stereocenters. The van der Waals surface area contributed by atoms with Gasteiger partial charge in [-0.3, -0.25) is 14.6 Å². The zero-order valence-electron chi connectivity index (χ0n) is 22.8. The molecule has 2 heterocycles. The smallest absolute Gasteiger partial charge is 0.256 e. The van der Waals surface area contributed by atoms with Crippen molar-refractivity contribution >= 4 is 29.9 Å². The molecule has 0 atom stereocenters. The molecule has 3 aromatic rings. The summed E-state index contributed by atoms with van der Waals surface area (Å²) in [6.07, 6.45) is 0. The van der Waals surface area contributed by atoms with Gasteiger partial charge in [0.2, 0.25) is 11.7 Å². The summed E-state index contributed by atoms with van der Waals surface area (Å²) in [5.74, 6) is -0.311. The van der Waals surface area contributed by atoms with Crippen molar-refractivity contribution in [1.29, 1.82) is 0 Å².